The van der Waals surface area contributed by atoms with Gasteiger partial charge >= 0.3 is 0 Å². The minimum absolute atomic E-state index is 0.0151. The van der Waals surface area contributed by atoms with Gasteiger partial charge in [0.1, 0.15) is 17.5 Å². The summed E-state index contributed by atoms with van der Waals surface area (Å²) in [6.07, 6.45) is 14.2. The fourth-order valence-electron chi connectivity index (χ4n) is 7.29. The lowest BCUT2D eigenvalue weighted by atomic mass is 10.0. The van der Waals surface area contributed by atoms with E-state index in [4.69, 9.17) is 15.0 Å². The predicted molar refractivity (Wildman–Crippen MR) is 211 cm³/mol. The van der Waals surface area contributed by atoms with Crippen LogP contribution in [-0.4, -0.2) is 37.0 Å². The zero-order valence-corrected chi connectivity index (χ0v) is 27.9. The van der Waals surface area contributed by atoms with Crippen molar-refractivity contribution in [3.8, 4) is 28.5 Å². The molecule has 2 aromatic heterocycles. The molecule has 0 amide bonds. The van der Waals surface area contributed by atoms with Crippen LogP contribution in [0.4, 0.5) is 5.69 Å². The van der Waals surface area contributed by atoms with Crippen LogP contribution in [0.25, 0.3) is 56.2 Å². The lowest BCUT2D eigenvalue weighted by Gasteiger charge is -2.29. The number of imidazole rings is 2. The molecule has 5 aromatic carbocycles. The molecule has 6 heteroatoms. The van der Waals surface area contributed by atoms with Crippen molar-refractivity contribution in [3.63, 3.8) is 0 Å². The molecule has 0 radical (unpaired) electrons. The maximum absolute atomic E-state index is 5.39. The van der Waals surface area contributed by atoms with Gasteiger partial charge in [-0.1, -0.05) is 104 Å². The Hall–Kier alpha value is -6.79. The first-order valence-electron chi connectivity index (χ1n) is 17.1. The molecule has 0 saturated heterocycles. The molecule has 51 heavy (non-hydrogen) atoms. The second-order valence-electron chi connectivity index (χ2n) is 12.6. The Balaban J connectivity index is 1.35. The summed E-state index contributed by atoms with van der Waals surface area (Å²) < 4.78 is 4.40. The fourth-order valence-corrected chi connectivity index (χ4v) is 7.29. The van der Waals surface area contributed by atoms with Crippen molar-refractivity contribution in [2.24, 2.45) is 4.99 Å². The number of para-hydroxylation sites is 6. The molecule has 7 aromatic rings. The Bertz CT molecular complexity index is 2580. The molecular formula is C45H34N6. The summed E-state index contributed by atoms with van der Waals surface area (Å²) >= 11 is 0. The molecule has 2 aliphatic rings. The second kappa shape index (κ2) is 12.6. The minimum Gasteiger partial charge on any atom is -0.317 e. The lowest BCUT2D eigenvalue weighted by Crippen LogP contribution is -2.39. The average molecular weight is 659 g/mol. The Kier molecular flexibility index (Phi) is 7.47. The van der Waals surface area contributed by atoms with Crippen LogP contribution in [0.1, 0.15) is 5.56 Å². The monoisotopic (exact) mass is 658 g/mol. The molecule has 0 bridgehead atoms. The summed E-state index contributed by atoms with van der Waals surface area (Å²) in [6.45, 7) is 8.15. The molecule has 0 saturated carbocycles. The Morgan fingerprint density at radius 1 is 0.608 bits per heavy atom. The maximum atomic E-state index is 5.39. The first-order valence-corrected chi connectivity index (χ1v) is 17.1. The van der Waals surface area contributed by atoms with E-state index in [-0.39, 0.29) is 12.1 Å². The molecule has 0 fully saturated rings. The molecule has 0 N–H and O–H groups in total. The van der Waals surface area contributed by atoms with Gasteiger partial charge < -0.3 is 4.90 Å². The van der Waals surface area contributed by atoms with E-state index in [1.165, 1.54) is 0 Å². The number of aliphatic imine (C=N–C) groups is 1. The van der Waals surface area contributed by atoms with Gasteiger partial charge in [-0.3, -0.25) is 14.1 Å². The maximum Gasteiger partial charge on any atom is 0.145 e. The van der Waals surface area contributed by atoms with Crippen LogP contribution in [0.2, 0.25) is 0 Å². The number of fused-ring (bicyclic) bond motifs is 3. The summed E-state index contributed by atoms with van der Waals surface area (Å²) in [5.74, 6) is 2.52. The first kappa shape index (κ1) is 30.3. The van der Waals surface area contributed by atoms with E-state index in [1.54, 1.807) is 6.08 Å². The van der Waals surface area contributed by atoms with Crippen LogP contribution in [0.15, 0.2) is 188 Å². The molecule has 0 spiro atoms. The summed E-state index contributed by atoms with van der Waals surface area (Å²) in [5.41, 5.74) is 9.67. The highest BCUT2D eigenvalue weighted by Crippen LogP contribution is 2.38. The van der Waals surface area contributed by atoms with E-state index in [0.717, 1.165) is 73.3 Å². The van der Waals surface area contributed by atoms with Crippen molar-refractivity contribution >= 4 is 39.3 Å². The molecular weight excluding hydrogens is 625 g/mol. The van der Waals surface area contributed by atoms with Gasteiger partial charge in [-0.2, -0.15) is 0 Å². The number of anilines is 1. The normalized spacial score (nSPS) is 16.8. The highest BCUT2D eigenvalue weighted by Gasteiger charge is 2.36. The topological polar surface area (TPSA) is 51.2 Å². The summed E-state index contributed by atoms with van der Waals surface area (Å²) in [5, 5.41) is 0. The number of aromatic nitrogens is 4. The van der Waals surface area contributed by atoms with E-state index in [2.05, 4.69) is 149 Å². The zero-order chi connectivity index (χ0) is 34.3. The van der Waals surface area contributed by atoms with Gasteiger partial charge in [0.2, 0.25) is 0 Å². The third-order valence-electron chi connectivity index (χ3n) is 9.51. The van der Waals surface area contributed by atoms with Gasteiger partial charge in [-0.05, 0) is 78.9 Å². The van der Waals surface area contributed by atoms with Gasteiger partial charge in [0, 0.05) is 33.8 Å². The Labute approximate surface area is 296 Å². The number of nitrogens with zero attached hydrogens (tertiary/aromatic N) is 6. The van der Waals surface area contributed by atoms with Gasteiger partial charge in [0.25, 0.3) is 0 Å². The molecule has 244 valence electrons. The predicted octanol–water partition coefficient (Wildman–Crippen LogP) is 10.1. The second-order valence-corrected chi connectivity index (χ2v) is 12.6. The zero-order valence-electron chi connectivity index (χ0n) is 27.9. The third-order valence-corrected chi connectivity index (χ3v) is 9.51. The smallest absolute Gasteiger partial charge is 0.145 e. The Morgan fingerprint density at radius 3 is 1.92 bits per heavy atom. The molecule has 3 heterocycles. The SMILES string of the molecule is C=C/C=C(\C=C)n1c(-c2cc(C3=NC4C=CC=CC4N3c3ccccc3)cc(-c3nc4ccccc4n3-c3ccccc3)c2)nc2ccccc21. The lowest BCUT2D eigenvalue weighted by molar-refractivity contribution is 0.739. The van der Waals surface area contributed by atoms with E-state index in [1.807, 2.05) is 42.5 Å². The molecule has 1 aliphatic heterocycles. The quantitative estimate of drug-likeness (QED) is 0.153. The van der Waals surface area contributed by atoms with Crippen LogP contribution in [0, 0.1) is 0 Å². The number of hydrogen-bond donors (Lipinski definition) is 0. The minimum atomic E-state index is -0.0151. The van der Waals surface area contributed by atoms with E-state index in [9.17, 15) is 0 Å². The number of benzene rings is 5. The molecule has 2 unspecified atom stereocenters. The van der Waals surface area contributed by atoms with Crippen molar-refractivity contribution < 1.29 is 0 Å². The van der Waals surface area contributed by atoms with Crippen molar-refractivity contribution in [2.45, 2.75) is 12.1 Å². The molecule has 6 nitrogen and oxygen atoms in total. The van der Waals surface area contributed by atoms with Crippen LogP contribution < -0.4 is 4.90 Å². The third kappa shape index (κ3) is 5.16. The summed E-state index contributed by atoms with van der Waals surface area (Å²) in [6, 6.07) is 44.1. The van der Waals surface area contributed by atoms with E-state index >= 15 is 0 Å². The highest BCUT2D eigenvalue weighted by molar-refractivity contribution is 6.13. The van der Waals surface area contributed by atoms with Crippen molar-refractivity contribution in [1.29, 1.82) is 0 Å². The highest BCUT2D eigenvalue weighted by atomic mass is 15.3. The van der Waals surface area contributed by atoms with E-state index < -0.39 is 0 Å². The van der Waals surface area contributed by atoms with Gasteiger partial charge in [-0.15, -0.1) is 0 Å². The molecule has 1 aliphatic carbocycles. The largest absolute Gasteiger partial charge is 0.317 e. The summed E-state index contributed by atoms with van der Waals surface area (Å²) in [4.78, 5) is 18.3. The average Bonchev–Trinajstić information content (AvgIpc) is 3.90. The van der Waals surface area contributed by atoms with Gasteiger partial charge in [-0.25, -0.2) is 9.97 Å². The van der Waals surface area contributed by atoms with Crippen LogP contribution in [0.3, 0.4) is 0 Å². The standard InChI is InChI=1S/C45H34N6/c1-3-17-34(4-2)49-40-25-14-11-22-37(40)46-43(49)31-28-32(44-47-38-23-12-15-26-41(38)50(44)35-18-7-5-8-19-35)30-33(29-31)45-48-39-24-13-16-27-42(39)51(45)36-20-9-6-10-21-36/h3-30,38,41H,1-2H2/b34-17+. The van der Waals surface area contributed by atoms with Crippen molar-refractivity contribution in [3.05, 3.63) is 189 Å². The number of hydrogen-bond acceptors (Lipinski definition) is 4. The van der Waals surface area contributed by atoms with Gasteiger partial charge in [0.15, 0.2) is 0 Å². The first-order chi connectivity index (χ1) is 25.2. The fraction of sp³-hybridized carbons (Fsp3) is 0.0444. The van der Waals surface area contributed by atoms with Gasteiger partial charge in [0.05, 0.1) is 34.2 Å². The van der Waals surface area contributed by atoms with Crippen LogP contribution in [-0.2, 0) is 0 Å². The molecule has 9 rings (SSSR count). The Morgan fingerprint density at radius 2 is 1.20 bits per heavy atom. The van der Waals surface area contributed by atoms with Crippen molar-refractivity contribution in [2.75, 3.05) is 4.90 Å². The molecule has 2 atom stereocenters. The van der Waals surface area contributed by atoms with E-state index in [0.29, 0.717) is 0 Å². The number of amidine groups is 1. The van der Waals surface area contributed by atoms with Crippen molar-refractivity contribution in [1.82, 2.24) is 19.1 Å². The number of rotatable bonds is 8. The summed E-state index contributed by atoms with van der Waals surface area (Å²) in [7, 11) is 0. The number of allylic oxidation sites excluding steroid dienone is 6. The van der Waals surface area contributed by atoms with Crippen LogP contribution >= 0.6 is 0 Å². The van der Waals surface area contributed by atoms with Crippen LogP contribution in [0.5, 0.6) is 0 Å².